The van der Waals surface area contributed by atoms with Gasteiger partial charge in [0.1, 0.15) is 10.7 Å². The predicted octanol–water partition coefficient (Wildman–Crippen LogP) is 6.71. The molecule has 0 amide bonds. The van der Waals surface area contributed by atoms with E-state index in [2.05, 4.69) is 31.1 Å². The van der Waals surface area contributed by atoms with Gasteiger partial charge in [-0.25, -0.2) is 4.98 Å². The Morgan fingerprint density at radius 3 is 2.19 bits per heavy atom. The van der Waals surface area contributed by atoms with Gasteiger partial charge in [-0.15, -0.1) is 0 Å². The van der Waals surface area contributed by atoms with E-state index in [1.807, 2.05) is 6.07 Å². The summed E-state index contributed by atoms with van der Waals surface area (Å²) in [6.45, 7) is 2.23. The first-order valence-electron chi connectivity index (χ1n) is 7.90. The Morgan fingerprint density at radius 2 is 1.65 bits per heavy atom. The van der Waals surface area contributed by atoms with Crippen LogP contribution < -0.4 is 10.2 Å². The van der Waals surface area contributed by atoms with Crippen molar-refractivity contribution < 1.29 is 19.4 Å². The molecule has 0 bridgehead atoms. The molecule has 1 aliphatic heterocycles. The molecule has 1 saturated heterocycles. The smallest absolute Gasteiger partial charge is 0.310 e. The molecular weight excluding hydrogens is 441 g/mol. The zero-order valence-corrected chi connectivity index (χ0v) is 16.0. The topological polar surface area (TPSA) is 28.2 Å². The Bertz CT molecular complexity index is 805. The molecule has 0 saturated carbocycles. The number of hydrogen-bond donors (Lipinski definition) is 1. The third kappa shape index (κ3) is 4.59. The van der Waals surface area contributed by atoms with E-state index in [-0.39, 0.29) is 0 Å². The zero-order chi connectivity index (χ0) is 19.1. The molecule has 0 atom stereocenters. The fourth-order valence-electron chi connectivity index (χ4n) is 2.76. The molecule has 1 aliphatic rings. The van der Waals surface area contributed by atoms with Gasteiger partial charge in [-0.1, -0.05) is 19.4 Å². The van der Waals surface area contributed by atoms with Crippen LogP contribution in [-0.2, 0) is 6.54 Å². The summed E-state index contributed by atoms with van der Waals surface area (Å²) >= 11 is 3.49. The fraction of sp³-hybridized carbons (Fsp3) is 0.312. The molecule has 0 aliphatic carbocycles. The molecule has 2 aromatic rings. The van der Waals surface area contributed by atoms with Gasteiger partial charge in [0.15, 0.2) is 0 Å². The Morgan fingerprint density at radius 1 is 1.04 bits per heavy atom. The molecule has 0 spiro atoms. The van der Waals surface area contributed by atoms with E-state index < -0.39 is 15.1 Å². The van der Waals surface area contributed by atoms with E-state index in [0.717, 1.165) is 53.9 Å². The van der Waals surface area contributed by atoms with Crippen molar-refractivity contribution in [1.82, 2.24) is 4.98 Å². The number of halogens is 6. The lowest BCUT2D eigenvalue weighted by Crippen LogP contribution is -2.19. The highest BCUT2D eigenvalue weighted by Crippen LogP contribution is 3.02. The van der Waals surface area contributed by atoms with Crippen molar-refractivity contribution in [3.63, 3.8) is 0 Å². The van der Waals surface area contributed by atoms with Crippen molar-refractivity contribution in [3.05, 3.63) is 46.6 Å². The molecule has 26 heavy (non-hydrogen) atoms. The van der Waals surface area contributed by atoms with Gasteiger partial charge in [-0.3, -0.25) is 0 Å². The van der Waals surface area contributed by atoms with Crippen LogP contribution in [0.15, 0.2) is 45.9 Å². The second-order valence-corrected chi connectivity index (χ2v) is 9.45. The lowest BCUT2D eigenvalue weighted by atomic mass is 10.2. The maximum Gasteiger partial charge on any atom is 0.310 e. The molecule has 1 aromatic heterocycles. The van der Waals surface area contributed by atoms with E-state index in [1.54, 1.807) is 6.20 Å². The summed E-state index contributed by atoms with van der Waals surface area (Å²) < 4.78 is 64.4. The largest absolute Gasteiger partial charge is 0.381 e. The Hall–Kier alpha value is -1.55. The maximum atomic E-state index is 12.7. The summed E-state index contributed by atoms with van der Waals surface area (Å²) in [5, 5.41) is 2.91. The number of anilines is 2. The summed E-state index contributed by atoms with van der Waals surface area (Å²) in [5.41, 5.74) is 1.13. The minimum atomic E-state index is -9.62. The number of nitrogens with one attached hydrogen (secondary N) is 1. The summed E-state index contributed by atoms with van der Waals surface area (Å²) in [6.07, 6.45) is 3.95. The number of pyridine rings is 1. The Balaban J connectivity index is 1.67. The van der Waals surface area contributed by atoms with Crippen LogP contribution in [-0.4, -0.2) is 18.1 Å². The number of hydrogen-bond acceptors (Lipinski definition) is 3. The molecule has 10 heteroatoms. The van der Waals surface area contributed by atoms with Gasteiger partial charge in [-0.2, -0.15) is 0 Å². The highest BCUT2D eigenvalue weighted by Gasteiger charge is 2.65. The van der Waals surface area contributed by atoms with E-state index >= 15 is 0 Å². The van der Waals surface area contributed by atoms with Gasteiger partial charge in [0, 0.05) is 31.5 Å². The van der Waals surface area contributed by atoms with Crippen molar-refractivity contribution in [3.8, 4) is 0 Å². The molecule has 0 unspecified atom stereocenters. The third-order valence-electron chi connectivity index (χ3n) is 4.08. The molecule has 3 rings (SSSR count). The maximum absolute atomic E-state index is 12.7. The van der Waals surface area contributed by atoms with Gasteiger partial charge in [0.25, 0.3) is 0 Å². The first-order chi connectivity index (χ1) is 11.9. The Kier molecular flexibility index (Phi) is 4.42. The van der Waals surface area contributed by atoms with Crippen LogP contribution in [0.3, 0.4) is 0 Å². The minimum absolute atomic E-state index is 0.307. The number of rotatable bonds is 5. The second kappa shape index (κ2) is 5.98. The summed E-state index contributed by atoms with van der Waals surface area (Å²) in [4.78, 5) is 4.72. The molecule has 3 nitrogen and oxygen atoms in total. The monoisotopic (exact) mass is 457 g/mol. The first-order valence-corrected chi connectivity index (χ1v) is 10.6. The summed E-state index contributed by atoms with van der Waals surface area (Å²) in [5.74, 6) is 0.867. The van der Waals surface area contributed by atoms with Crippen LogP contribution in [0.1, 0.15) is 18.4 Å². The van der Waals surface area contributed by atoms with Crippen molar-refractivity contribution in [2.75, 3.05) is 23.3 Å². The fourth-order valence-corrected chi connectivity index (χ4v) is 4.06. The van der Waals surface area contributed by atoms with Gasteiger partial charge in [0.2, 0.25) is 0 Å². The van der Waals surface area contributed by atoms with Crippen LogP contribution in [0.25, 0.3) is 0 Å². The Labute approximate surface area is 156 Å². The molecule has 144 valence electrons. The van der Waals surface area contributed by atoms with Crippen LogP contribution in [0.5, 0.6) is 0 Å². The summed E-state index contributed by atoms with van der Waals surface area (Å²) in [7, 11) is -9.62. The number of nitrogens with zero attached hydrogens (tertiary/aromatic N) is 2. The molecule has 2 heterocycles. The zero-order valence-electron chi connectivity index (χ0n) is 13.6. The molecule has 0 radical (unpaired) electrons. The van der Waals surface area contributed by atoms with Crippen molar-refractivity contribution in [1.29, 1.82) is 0 Å². The van der Waals surface area contributed by atoms with Gasteiger partial charge in [-0.05, 0) is 64.7 Å². The predicted molar refractivity (Wildman–Crippen MR) is 98.5 cm³/mol. The van der Waals surface area contributed by atoms with Crippen LogP contribution in [0.4, 0.5) is 30.9 Å². The molecule has 1 fully saturated rings. The SMILES string of the molecule is FS(F)(F)(F)(F)c1ccc(NCc2cnc(N3CCCC3)c(Br)c2)cc1. The molecular formula is C16H17BrF5N3S. The minimum Gasteiger partial charge on any atom is -0.381 e. The van der Waals surface area contributed by atoms with E-state index in [9.17, 15) is 19.4 Å². The standard InChI is InChI=1S/C16H17BrF5N3S/c17-15-9-12(11-24-16(15)25-7-1-2-8-25)10-23-13-3-5-14(6-4-13)26(18,19,20,21)22/h3-6,9,11,23H,1-2,7-8,10H2. The number of aromatic nitrogens is 1. The third-order valence-corrected chi connectivity index (χ3v) is 5.83. The van der Waals surface area contributed by atoms with Crippen molar-refractivity contribution in [2.24, 2.45) is 0 Å². The van der Waals surface area contributed by atoms with Gasteiger partial charge >= 0.3 is 10.2 Å². The highest BCUT2D eigenvalue weighted by atomic mass is 79.9. The van der Waals surface area contributed by atoms with Crippen molar-refractivity contribution in [2.45, 2.75) is 24.3 Å². The lowest BCUT2D eigenvalue weighted by molar-refractivity contribution is 0.364. The van der Waals surface area contributed by atoms with Gasteiger partial charge in [0.05, 0.1) is 4.47 Å². The quantitative estimate of drug-likeness (QED) is 0.505. The normalized spacial score (nSPS) is 17.7. The second-order valence-electron chi connectivity index (χ2n) is 6.19. The van der Waals surface area contributed by atoms with Gasteiger partial charge < -0.3 is 10.2 Å². The average molecular weight is 458 g/mol. The summed E-state index contributed by atoms with van der Waals surface area (Å²) in [6, 6.07) is 4.67. The van der Waals surface area contributed by atoms with E-state index in [1.165, 1.54) is 0 Å². The highest BCUT2D eigenvalue weighted by molar-refractivity contribution is 9.10. The van der Waals surface area contributed by atoms with Crippen LogP contribution in [0.2, 0.25) is 0 Å². The van der Waals surface area contributed by atoms with Crippen LogP contribution in [0, 0.1) is 0 Å². The van der Waals surface area contributed by atoms with Crippen molar-refractivity contribution >= 4 is 37.7 Å². The average Bonchev–Trinajstić information content (AvgIpc) is 3.05. The molecule has 1 N–H and O–H groups in total. The van der Waals surface area contributed by atoms with E-state index in [0.29, 0.717) is 24.4 Å². The molecule has 1 aromatic carbocycles. The van der Waals surface area contributed by atoms with Crippen LogP contribution >= 0.6 is 26.2 Å². The van der Waals surface area contributed by atoms with E-state index in [4.69, 9.17) is 0 Å². The number of benzene rings is 1. The lowest BCUT2D eigenvalue weighted by Gasteiger charge is -2.40. The first kappa shape index (κ1) is 19.2.